The van der Waals surface area contributed by atoms with E-state index in [-0.39, 0.29) is 22.7 Å². The van der Waals surface area contributed by atoms with Gasteiger partial charge in [-0.25, -0.2) is 0 Å². The highest BCUT2D eigenvalue weighted by Gasteiger charge is 2.58. The molecule has 1 unspecified atom stereocenters. The first-order valence-corrected chi connectivity index (χ1v) is 12.4. The summed E-state index contributed by atoms with van der Waals surface area (Å²) < 4.78 is 5.71. The van der Waals surface area contributed by atoms with Crippen LogP contribution in [0.1, 0.15) is 30.4 Å². The smallest absolute Gasteiger partial charge is 0.228 e. The maximum Gasteiger partial charge on any atom is 0.228 e. The zero-order chi connectivity index (χ0) is 22.3. The van der Waals surface area contributed by atoms with Crippen molar-refractivity contribution >= 4 is 34.3 Å². The number of nitrogens with zero attached hydrogens (tertiary/aromatic N) is 1. The molecule has 1 N–H and O–H groups in total. The Kier molecular flexibility index (Phi) is 5.59. The van der Waals surface area contributed by atoms with Gasteiger partial charge in [0.25, 0.3) is 0 Å². The van der Waals surface area contributed by atoms with Crippen molar-refractivity contribution in [3.63, 3.8) is 0 Å². The Hall–Kier alpha value is -2.57. The number of carbonyl (C=O) groups excluding carboxylic acids is 1. The van der Waals surface area contributed by atoms with Gasteiger partial charge >= 0.3 is 0 Å². The molecule has 0 bridgehead atoms. The second kappa shape index (κ2) is 8.41. The van der Waals surface area contributed by atoms with Crippen LogP contribution in [0, 0.1) is 18.3 Å². The van der Waals surface area contributed by atoms with Crippen LogP contribution < -0.4 is 10.7 Å². The topological polar surface area (TPSA) is 62.6 Å². The Morgan fingerprint density at radius 3 is 2.66 bits per heavy atom. The predicted molar refractivity (Wildman–Crippen MR) is 129 cm³/mol. The van der Waals surface area contributed by atoms with Gasteiger partial charge in [0.2, 0.25) is 5.91 Å². The fourth-order valence-electron chi connectivity index (χ4n) is 4.97. The summed E-state index contributed by atoms with van der Waals surface area (Å²) in [6, 6.07) is 13.7. The van der Waals surface area contributed by atoms with Gasteiger partial charge in [0.15, 0.2) is 5.43 Å². The highest BCUT2D eigenvalue weighted by atomic mass is 32.2. The molecule has 1 atom stereocenters. The minimum Gasteiger partial charge on any atom is -0.464 e. The van der Waals surface area contributed by atoms with E-state index in [1.165, 1.54) is 4.90 Å². The molecule has 3 aromatic rings. The quantitative estimate of drug-likeness (QED) is 0.553. The third kappa shape index (κ3) is 4.09. The van der Waals surface area contributed by atoms with E-state index in [0.29, 0.717) is 23.1 Å². The van der Waals surface area contributed by atoms with E-state index < -0.39 is 0 Å². The zero-order valence-corrected chi connectivity index (χ0v) is 19.3. The number of fused-ring (bicyclic) bond motifs is 1. The van der Waals surface area contributed by atoms with E-state index >= 15 is 0 Å². The van der Waals surface area contributed by atoms with Crippen molar-refractivity contribution in [2.24, 2.45) is 11.3 Å². The summed E-state index contributed by atoms with van der Waals surface area (Å²) in [6.07, 6.45) is 6.61. The first-order valence-electron chi connectivity index (χ1n) is 11.2. The molecule has 1 amide bonds. The molecular weight excluding hydrogens is 420 g/mol. The lowest BCUT2D eigenvalue weighted by molar-refractivity contribution is -0.118. The van der Waals surface area contributed by atoms with Crippen LogP contribution in [-0.2, 0) is 11.3 Å². The summed E-state index contributed by atoms with van der Waals surface area (Å²) in [5.41, 5.74) is 3.46. The van der Waals surface area contributed by atoms with E-state index in [1.807, 2.05) is 55.6 Å². The molecule has 1 saturated carbocycles. The number of amides is 1. The third-order valence-corrected chi connectivity index (χ3v) is 7.85. The maximum absolute atomic E-state index is 12.9. The highest BCUT2D eigenvalue weighted by Crippen LogP contribution is 2.59. The lowest BCUT2D eigenvalue weighted by Crippen LogP contribution is -2.36. The number of anilines is 1. The van der Waals surface area contributed by atoms with Crippen LogP contribution in [0.4, 0.5) is 5.69 Å². The number of piperidine rings is 1. The molecule has 2 fully saturated rings. The van der Waals surface area contributed by atoms with Crippen LogP contribution >= 0.6 is 11.8 Å². The van der Waals surface area contributed by atoms with E-state index in [9.17, 15) is 9.59 Å². The molecule has 1 aromatic heterocycles. The molecule has 5 nitrogen and oxygen atoms in total. The van der Waals surface area contributed by atoms with Gasteiger partial charge < -0.3 is 9.73 Å². The SMILES string of the molecule is CSc1ccc(NC(=O)C2CC23CCN(Cc2coc4ccc(C)cc4c2=O)CC3)cc1. The van der Waals surface area contributed by atoms with Gasteiger partial charge in [0.05, 0.1) is 11.6 Å². The van der Waals surface area contributed by atoms with Gasteiger partial charge in [-0.15, -0.1) is 11.8 Å². The minimum absolute atomic E-state index is 0.0615. The number of rotatable bonds is 5. The van der Waals surface area contributed by atoms with Crippen molar-refractivity contribution in [1.29, 1.82) is 0 Å². The van der Waals surface area contributed by atoms with Crippen LogP contribution in [0.5, 0.6) is 0 Å². The van der Waals surface area contributed by atoms with Gasteiger partial charge in [0, 0.05) is 28.6 Å². The van der Waals surface area contributed by atoms with E-state index in [2.05, 4.69) is 10.2 Å². The lowest BCUT2D eigenvalue weighted by atomic mass is 9.90. The van der Waals surface area contributed by atoms with Crippen molar-refractivity contribution < 1.29 is 9.21 Å². The highest BCUT2D eigenvalue weighted by molar-refractivity contribution is 7.98. The summed E-state index contributed by atoms with van der Waals surface area (Å²) in [5, 5.41) is 3.74. The molecule has 1 spiro atoms. The Bertz CT molecular complexity index is 1210. The largest absolute Gasteiger partial charge is 0.464 e. The summed E-state index contributed by atoms with van der Waals surface area (Å²) in [6.45, 7) is 4.38. The van der Waals surface area contributed by atoms with Gasteiger partial charge in [-0.3, -0.25) is 14.5 Å². The summed E-state index contributed by atoms with van der Waals surface area (Å²) >= 11 is 1.69. The average molecular weight is 449 g/mol. The molecule has 2 heterocycles. The number of carbonyl (C=O) groups is 1. The molecule has 5 rings (SSSR count). The molecule has 1 aliphatic heterocycles. The van der Waals surface area contributed by atoms with E-state index in [1.54, 1.807) is 18.0 Å². The normalized spacial score (nSPS) is 19.9. The minimum atomic E-state index is 0.0615. The van der Waals surface area contributed by atoms with Crippen molar-refractivity contribution in [2.45, 2.75) is 37.6 Å². The van der Waals surface area contributed by atoms with Crippen LogP contribution in [-0.4, -0.2) is 30.2 Å². The van der Waals surface area contributed by atoms with Gasteiger partial charge in [-0.05, 0) is 87.3 Å². The Morgan fingerprint density at radius 2 is 1.94 bits per heavy atom. The predicted octanol–water partition coefficient (Wildman–Crippen LogP) is 5.06. The molecular formula is C26H28N2O3S. The first-order chi connectivity index (χ1) is 15.5. The van der Waals surface area contributed by atoms with E-state index in [0.717, 1.165) is 43.6 Å². The molecule has 2 aromatic carbocycles. The molecule has 32 heavy (non-hydrogen) atoms. The number of hydrogen-bond donors (Lipinski definition) is 1. The number of thioether (sulfide) groups is 1. The van der Waals surface area contributed by atoms with Crippen LogP contribution in [0.25, 0.3) is 11.0 Å². The number of benzene rings is 2. The number of hydrogen-bond acceptors (Lipinski definition) is 5. The molecule has 166 valence electrons. The van der Waals surface area contributed by atoms with Gasteiger partial charge in [-0.1, -0.05) is 11.6 Å². The van der Waals surface area contributed by atoms with Crippen molar-refractivity contribution in [3.8, 4) is 0 Å². The number of nitrogens with one attached hydrogen (secondary N) is 1. The Labute approximate surface area is 192 Å². The van der Waals surface area contributed by atoms with Gasteiger partial charge in [-0.2, -0.15) is 0 Å². The van der Waals surface area contributed by atoms with Crippen molar-refractivity contribution in [1.82, 2.24) is 4.90 Å². The average Bonchev–Trinajstić information content (AvgIpc) is 3.51. The molecule has 6 heteroatoms. The summed E-state index contributed by atoms with van der Waals surface area (Å²) in [5.74, 6) is 0.236. The second-order valence-corrected chi connectivity index (χ2v) is 10.1. The van der Waals surface area contributed by atoms with Crippen LogP contribution in [0.15, 0.2) is 62.8 Å². The second-order valence-electron chi connectivity index (χ2n) is 9.20. The fourth-order valence-corrected chi connectivity index (χ4v) is 5.37. The number of likely N-dealkylation sites (tertiary alicyclic amines) is 1. The Balaban J connectivity index is 1.19. The molecule has 1 aliphatic carbocycles. The molecule has 1 saturated heterocycles. The maximum atomic E-state index is 12.9. The van der Waals surface area contributed by atoms with Crippen molar-refractivity contribution in [2.75, 3.05) is 24.7 Å². The fraction of sp³-hybridized carbons (Fsp3) is 0.385. The van der Waals surface area contributed by atoms with Crippen molar-refractivity contribution in [3.05, 3.63) is 70.1 Å². The molecule has 0 radical (unpaired) electrons. The van der Waals surface area contributed by atoms with E-state index in [4.69, 9.17) is 4.42 Å². The lowest BCUT2D eigenvalue weighted by Gasteiger charge is -2.32. The third-order valence-electron chi connectivity index (χ3n) is 7.11. The Morgan fingerprint density at radius 1 is 1.19 bits per heavy atom. The van der Waals surface area contributed by atoms with Crippen LogP contribution in [0.2, 0.25) is 0 Å². The van der Waals surface area contributed by atoms with Crippen LogP contribution in [0.3, 0.4) is 0 Å². The summed E-state index contributed by atoms with van der Waals surface area (Å²) in [4.78, 5) is 29.2. The molecule has 2 aliphatic rings. The monoisotopic (exact) mass is 448 g/mol. The zero-order valence-electron chi connectivity index (χ0n) is 18.5. The standard InChI is InChI=1S/C26H28N2O3S/c1-17-3-8-23-21(13-17)24(29)18(16-31-23)15-28-11-9-26(10-12-28)14-22(26)25(30)27-19-4-6-20(32-2)7-5-19/h3-8,13,16,22H,9-12,14-15H2,1-2H3,(H,27,30). The number of aryl methyl sites for hydroxylation is 1. The summed E-state index contributed by atoms with van der Waals surface area (Å²) in [7, 11) is 0. The van der Waals surface area contributed by atoms with Gasteiger partial charge in [0.1, 0.15) is 5.58 Å². The first kappa shape index (κ1) is 21.3.